The summed E-state index contributed by atoms with van der Waals surface area (Å²) in [5.41, 5.74) is 3.02. The quantitative estimate of drug-likeness (QED) is 0.303. The van der Waals surface area contributed by atoms with Crippen molar-refractivity contribution in [2.75, 3.05) is 20.8 Å². The molecule has 5 rings (SSSR count). The summed E-state index contributed by atoms with van der Waals surface area (Å²) in [6.07, 6.45) is 4.35. The van der Waals surface area contributed by atoms with Gasteiger partial charge in [0.15, 0.2) is 29.6 Å². The molecule has 0 spiro atoms. The van der Waals surface area contributed by atoms with Crippen molar-refractivity contribution < 1.29 is 14.3 Å². The average molecular weight is 467 g/mol. The second-order valence-electron chi connectivity index (χ2n) is 8.16. The zero-order valence-corrected chi connectivity index (χ0v) is 19.9. The molecule has 9 nitrogen and oxygen atoms in total. The topological polar surface area (TPSA) is 86.4 Å². The molecule has 33 heavy (non-hydrogen) atoms. The van der Waals surface area contributed by atoms with Crippen molar-refractivity contribution in [2.45, 2.75) is 39.5 Å². The van der Waals surface area contributed by atoms with Crippen LogP contribution in [0, 0.1) is 0 Å². The Kier molecular flexibility index (Phi) is 5.86. The lowest BCUT2D eigenvalue weighted by Gasteiger charge is -2.30. The minimum absolute atomic E-state index is 0.167. The van der Waals surface area contributed by atoms with Crippen molar-refractivity contribution in [3.05, 3.63) is 46.4 Å². The molecular weight excluding hydrogens is 440 g/mol. The fourth-order valence-electron chi connectivity index (χ4n) is 4.08. The number of oxime groups is 1. The summed E-state index contributed by atoms with van der Waals surface area (Å²) >= 11 is 1.76. The Bertz CT molecular complexity index is 1330. The van der Waals surface area contributed by atoms with Gasteiger partial charge in [0, 0.05) is 29.6 Å². The molecule has 0 amide bonds. The molecule has 1 aliphatic rings. The van der Waals surface area contributed by atoms with Crippen molar-refractivity contribution >= 4 is 33.4 Å². The highest BCUT2D eigenvalue weighted by atomic mass is 32.1. The number of aromatic nitrogens is 4. The first-order valence-electron chi connectivity index (χ1n) is 10.8. The SMILES string of the molecule is COc1ccc(/C=N\OCc2nc3c4c5c(sc4ncn3n2)CN(C(C)C)CC5)cc1OC. The zero-order valence-electron chi connectivity index (χ0n) is 19.1. The van der Waals surface area contributed by atoms with Gasteiger partial charge in [0.2, 0.25) is 0 Å². The number of fused-ring (bicyclic) bond motifs is 5. The summed E-state index contributed by atoms with van der Waals surface area (Å²) in [6.45, 7) is 6.67. The van der Waals surface area contributed by atoms with Gasteiger partial charge >= 0.3 is 0 Å². The number of hydrogen-bond donors (Lipinski definition) is 0. The summed E-state index contributed by atoms with van der Waals surface area (Å²) in [5, 5.41) is 9.71. The van der Waals surface area contributed by atoms with Gasteiger partial charge in [-0.05, 0) is 44.0 Å². The fraction of sp³-hybridized carbons (Fsp3) is 0.391. The molecule has 4 aromatic rings. The highest BCUT2D eigenvalue weighted by Crippen LogP contribution is 2.36. The maximum absolute atomic E-state index is 5.46. The molecule has 172 valence electrons. The van der Waals surface area contributed by atoms with E-state index in [1.54, 1.807) is 42.6 Å². The van der Waals surface area contributed by atoms with Crippen LogP contribution >= 0.6 is 11.3 Å². The smallest absolute Gasteiger partial charge is 0.192 e. The summed E-state index contributed by atoms with van der Waals surface area (Å²) in [6, 6.07) is 6.06. The molecule has 0 atom stereocenters. The van der Waals surface area contributed by atoms with Crippen LogP contribution in [0.25, 0.3) is 15.9 Å². The number of ether oxygens (including phenoxy) is 2. The van der Waals surface area contributed by atoms with E-state index in [0.29, 0.717) is 23.4 Å². The first kappa shape index (κ1) is 21.6. The molecule has 0 saturated heterocycles. The van der Waals surface area contributed by atoms with Crippen LogP contribution in [0.15, 0.2) is 29.7 Å². The van der Waals surface area contributed by atoms with E-state index in [2.05, 4.69) is 34.0 Å². The molecule has 0 N–H and O–H groups in total. The maximum atomic E-state index is 5.46. The van der Waals surface area contributed by atoms with E-state index in [4.69, 9.17) is 19.3 Å². The van der Waals surface area contributed by atoms with Gasteiger partial charge in [-0.25, -0.2) is 14.5 Å². The van der Waals surface area contributed by atoms with Gasteiger partial charge in [-0.15, -0.1) is 16.4 Å². The van der Waals surface area contributed by atoms with Crippen LogP contribution in [0.4, 0.5) is 0 Å². The largest absolute Gasteiger partial charge is 0.493 e. The third-order valence-electron chi connectivity index (χ3n) is 5.86. The number of rotatable bonds is 7. The summed E-state index contributed by atoms with van der Waals surface area (Å²) in [4.78, 5) is 19.7. The van der Waals surface area contributed by atoms with E-state index in [-0.39, 0.29) is 6.61 Å². The predicted molar refractivity (Wildman–Crippen MR) is 127 cm³/mol. The second kappa shape index (κ2) is 8.95. The molecule has 0 fully saturated rings. The van der Waals surface area contributed by atoms with Gasteiger partial charge in [-0.3, -0.25) is 4.90 Å². The molecule has 1 aliphatic heterocycles. The molecule has 3 aromatic heterocycles. The molecule has 0 radical (unpaired) electrons. The average Bonchev–Trinajstić information content (AvgIpc) is 3.41. The van der Waals surface area contributed by atoms with Crippen molar-refractivity contribution in [1.82, 2.24) is 24.5 Å². The first-order chi connectivity index (χ1) is 16.1. The Morgan fingerprint density at radius 2 is 2.06 bits per heavy atom. The zero-order chi connectivity index (χ0) is 22.9. The molecule has 0 bridgehead atoms. The van der Waals surface area contributed by atoms with Gasteiger partial charge in [0.05, 0.1) is 25.8 Å². The molecule has 0 saturated carbocycles. The lowest BCUT2D eigenvalue weighted by Crippen LogP contribution is -2.35. The molecule has 4 heterocycles. The van der Waals surface area contributed by atoms with Crippen LogP contribution in [-0.2, 0) is 24.4 Å². The fourth-order valence-corrected chi connectivity index (χ4v) is 5.29. The summed E-state index contributed by atoms with van der Waals surface area (Å²) in [7, 11) is 3.20. The molecular formula is C23H26N6O3S. The summed E-state index contributed by atoms with van der Waals surface area (Å²) in [5.74, 6) is 1.86. The van der Waals surface area contributed by atoms with E-state index < -0.39 is 0 Å². The van der Waals surface area contributed by atoms with E-state index in [1.807, 2.05) is 18.2 Å². The minimum atomic E-state index is 0.167. The highest BCUT2D eigenvalue weighted by Gasteiger charge is 2.25. The Morgan fingerprint density at radius 1 is 1.21 bits per heavy atom. The molecule has 10 heteroatoms. The van der Waals surface area contributed by atoms with Crippen molar-refractivity contribution in [1.29, 1.82) is 0 Å². The van der Waals surface area contributed by atoms with E-state index in [9.17, 15) is 0 Å². The van der Waals surface area contributed by atoms with Crippen molar-refractivity contribution in [3.8, 4) is 11.5 Å². The standard InChI is InChI=1S/C23H26N6O3S/c1-14(2)28-8-7-16-19(11-28)33-23-21(16)22-26-20(27-29(22)13-24-23)12-32-25-10-15-5-6-17(30-3)18(9-15)31-4/h5-6,9-10,13-14H,7-8,11-12H2,1-4H3/b25-10-. The van der Waals surface area contributed by atoms with Crippen LogP contribution < -0.4 is 9.47 Å². The normalized spacial score (nSPS) is 14.5. The van der Waals surface area contributed by atoms with Crippen LogP contribution in [0.2, 0.25) is 0 Å². The summed E-state index contributed by atoms with van der Waals surface area (Å²) < 4.78 is 12.3. The van der Waals surface area contributed by atoms with E-state index in [1.165, 1.54) is 10.4 Å². The number of nitrogens with zero attached hydrogens (tertiary/aromatic N) is 6. The second-order valence-corrected chi connectivity index (χ2v) is 9.24. The van der Waals surface area contributed by atoms with Gasteiger partial charge in [0.25, 0.3) is 0 Å². The molecule has 0 aliphatic carbocycles. The van der Waals surface area contributed by atoms with Crippen molar-refractivity contribution in [2.24, 2.45) is 5.16 Å². The van der Waals surface area contributed by atoms with Gasteiger partial charge in [-0.1, -0.05) is 5.16 Å². The van der Waals surface area contributed by atoms with Crippen LogP contribution in [0.5, 0.6) is 11.5 Å². The predicted octanol–water partition coefficient (Wildman–Crippen LogP) is 3.67. The van der Waals surface area contributed by atoms with Crippen LogP contribution in [0.3, 0.4) is 0 Å². The number of hydrogen-bond acceptors (Lipinski definition) is 9. The van der Waals surface area contributed by atoms with Gasteiger partial charge in [0.1, 0.15) is 11.2 Å². The van der Waals surface area contributed by atoms with Gasteiger partial charge < -0.3 is 14.3 Å². The lowest BCUT2D eigenvalue weighted by molar-refractivity contribution is 0.126. The van der Waals surface area contributed by atoms with Crippen LogP contribution in [0.1, 0.15) is 35.7 Å². The Balaban J connectivity index is 1.34. The van der Waals surface area contributed by atoms with Crippen LogP contribution in [-0.4, -0.2) is 57.5 Å². The van der Waals surface area contributed by atoms with E-state index in [0.717, 1.165) is 40.9 Å². The number of methoxy groups -OCH3 is 2. The Labute approximate surface area is 195 Å². The molecule has 0 unspecified atom stereocenters. The minimum Gasteiger partial charge on any atom is -0.493 e. The Hall–Kier alpha value is -3.24. The first-order valence-corrected chi connectivity index (χ1v) is 11.6. The lowest BCUT2D eigenvalue weighted by atomic mass is 10.0. The highest BCUT2D eigenvalue weighted by molar-refractivity contribution is 7.19. The number of thiophene rings is 1. The third-order valence-corrected chi connectivity index (χ3v) is 6.98. The number of benzene rings is 1. The van der Waals surface area contributed by atoms with E-state index >= 15 is 0 Å². The monoisotopic (exact) mass is 466 g/mol. The van der Waals surface area contributed by atoms with Gasteiger partial charge in [-0.2, -0.15) is 0 Å². The molecule has 1 aromatic carbocycles. The third kappa shape index (κ3) is 4.11. The van der Waals surface area contributed by atoms with Crippen molar-refractivity contribution in [3.63, 3.8) is 0 Å². The maximum Gasteiger partial charge on any atom is 0.192 e. The Morgan fingerprint density at radius 3 is 2.85 bits per heavy atom.